The molecule has 0 saturated heterocycles. The molecule has 1 nitrogen and oxygen atoms in total. The summed E-state index contributed by atoms with van der Waals surface area (Å²) in [6, 6.07) is 0. The van der Waals surface area contributed by atoms with Crippen LogP contribution in [0.3, 0.4) is 0 Å². The molecule has 0 unspecified atom stereocenters. The van der Waals surface area contributed by atoms with Crippen molar-refractivity contribution < 1.29 is 21.7 Å². The van der Waals surface area contributed by atoms with Gasteiger partial charge < -0.3 is 5.73 Å². The Kier molecular flexibility index (Phi) is 25.2. The van der Waals surface area contributed by atoms with Crippen molar-refractivity contribution in [3.05, 3.63) is 5.73 Å². The molecule has 0 saturated carbocycles. The summed E-state index contributed by atoms with van der Waals surface area (Å²) in [5.74, 6) is 0. The topological polar surface area (TPSA) is 23.8 Å². The average Bonchev–Trinajstić information content (AvgIpc) is 2.43. The maximum atomic E-state index is 7.08. The summed E-state index contributed by atoms with van der Waals surface area (Å²) in [5.41, 5.74) is 7.08. The first kappa shape index (κ1) is 22.9. The molecular weight excluding hydrogens is 278 g/mol. The van der Waals surface area contributed by atoms with E-state index in [1.165, 1.54) is 96.3 Å². The molecular formula is C18H38NTi-. The van der Waals surface area contributed by atoms with E-state index in [9.17, 15) is 0 Å². The monoisotopic (exact) mass is 316 g/mol. The second kappa shape index (κ2) is 22.0. The number of unbranched alkanes of at least 4 members (excludes halogenated alkanes) is 15. The van der Waals surface area contributed by atoms with Crippen LogP contribution in [0.15, 0.2) is 0 Å². The van der Waals surface area contributed by atoms with E-state index in [0.29, 0.717) is 6.54 Å². The van der Waals surface area contributed by atoms with Gasteiger partial charge in [-0.2, -0.15) is 6.54 Å². The molecule has 0 atom stereocenters. The van der Waals surface area contributed by atoms with Crippen molar-refractivity contribution in [1.82, 2.24) is 0 Å². The first-order valence-electron chi connectivity index (χ1n) is 9.06. The van der Waals surface area contributed by atoms with E-state index in [0.717, 1.165) is 6.42 Å². The predicted molar refractivity (Wildman–Crippen MR) is 88.7 cm³/mol. The van der Waals surface area contributed by atoms with E-state index in [-0.39, 0.29) is 21.7 Å². The van der Waals surface area contributed by atoms with Crippen LogP contribution in [0.4, 0.5) is 0 Å². The summed E-state index contributed by atoms with van der Waals surface area (Å²) in [4.78, 5) is 0. The van der Waals surface area contributed by atoms with Gasteiger partial charge in [0, 0.05) is 21.7 Å². The predicted octanol–water partition coefficient (Wildman–Crippen LogP) is 7.30. The maximum absolute atomic E-state index is 7.08. The fourth-order valence-electron chi connectivity index (χ4n) is 2.67. The largest absolute Gasteiger partial charge is 0.677 e. The molecule has 0 fully saturated rings. The first-order valence-corrected chi connectivity index (χ1v) is 9.06. The first-order chi connectivity index (χ1) is 9.41. The summed E-state index contributed by atoms with van der Waals surface area (Å²) < 4.78 is 0. The van der Waals surface area contributed by atoms with Crippen LogP contribution in [-0.4, -0.2) is 6.54 Å². The Balaban J connectivity index is 0. The molecule has 0 amide bonds. The van der Waals surface area contributed by atoms with Crippen molar-refractivity contribution in [3.63, 3.8) is 0 Å². The zero-order chi connectivity index (χ0) is 14.0. The van der Waals surface area contributed by atoms with Gasteiger partial charge in [-0.3, -0.25) is 0 Å². The van der Waals surface area contributed by atoms with Gasteiger partial charge in [-0.25, -0.2) is 0 Å². The van der Waals surface area contributed by atoms with Crippen molar-refractivity contribution in [2.45, 2.75) is 110 Å². The van der Waals surface area contributed by atoms with Gasteiger partial charge in [-0.1, -0.05) is 110 Å². The average molecular weight is 316 g/mol. The summed E-state index contributed by atoms with van der Waals surface area (Å²) in [5, 5.41) is 0. The molecule has 2 heteroatoms. The third-order valence-electron chi connectivity index (χ3n) is 4.03. The van der Waals surface area contributed by atoms with E-state index in [4.69, 9.17) is 5.73 Å². The van der Waals surface area contributed by atoms with Gasteiger partial charge in [-0.05, 0) is 0 Å². The van der Waals surface area contributed by atoms with E-state index in [2.05, 4.69) is 6.92 Å². The quantitative estimate of drug-likeness (QED) is 0.211. The number of hydrogen-bond donors (Lipinski definition) is 0. The summed E-state index contributed by atoms with van der Waals surface area (Å²) in [6.07, 6.45) is 22.5. The second-order valence-corrected chi connectivity index (χ2v) is 6.05. The molecule has 0 aliphatic heterocycles. The molecule has 20 heavy (non-hydrogen) atoms. The fraction of sp³-hybridized carbons (Fsp3) is 1.00. The molecule has 0 aliphatic rings. The second-order valence-electron chi connectivity index (χ2n) is 6.05. The Morgan fingerprint density at radius 2 is 0.700 bits per heavy atom. The Morgan fingerprint density at radius 1 is 0.450 bits per heavy atom. The van der Waals surface area contributed by atoms with Crippen LogP contribution >= 0.6 is 0 Å². The summed E-state index contributed by atoms with van der Waals surface area (Å²) in [7, 11) is 0. The number of rotatable bonds is 16. The van der Waals surface area contributed by atoms with E-state index >= 15 is 0 Å². The Bertz CT molecular complexity index is 134. The van der Waals surface area contributed by atoms with Gasteiger partial charge in [0.2, 0.25) is 0 Å². The minimum Gasteiger partial charge on any atom is -0.677 e. The molecule has 0 aromatic rings. The molecule has 0 aromatic heterocycles. The molecule has 0 aliphatic carbocycles. The van der Waals surface area contributed by atoms with Gasteiger partial charge in [0.15, 0.2) is 0 Å². The van der Waals surface area contributed by atoms with Crippen LogP contribution in [0.2, 0.25) is 0 Å². The molecule has 0 spiro atoms. The van der Waals surface area contributed by atoms with E-state index in [1.807, 2.05) is 0 Å². The molecule has 0 radical (unpaired) electrons. The van der Waals surface area contributed by atoms with Crippen LogP contribution in [0.5, 0.6) is 0 Å². The van der Waals surface area contributed by atoms with Crippen molar-refractivity contribution in [1.29, 1.82) is 0 Å². The van der Waals surface area contributed by atoms with E-state index < -0.39 is 0 Å². The van der Waals surface area contributed by atoms with Crippen LogP contribution < -0.4 is 0 Å². The van der Waals surface area contributed by atoms with E-state index in [1.54, 1.807) is 0 Å². The van der Waals surface area contributed by atoms with Gasteiger partial charge in [0.1, 0.15) is 0 Å². The number of nitrogens with one attached hydrogen (secondary N) is 1. The molecule has 0 bridgehead atoms. The van der Waals surface area contributed by atoms with Crippen LogP contribution in [-0.2, 0) is 21.7 Å². The molecule has 120 valence electrons. The summed E-state index contributed by atoms with van der Waals surface area (Å²) in [6.45, 7) is 2.91. The van der Waals surface area contributed by atoms with Gasteiger partial charge >= 0.3 is 0 Å². The Hall–Kier alpha value is 0.674. The smallest absolute Gasteiger partial charge is 0 e. The van der Waals surface area contributed by atoms with Crippen molar-refractivity contribution in [2.24, 2.45) is 0 Å². The molecule has 0 heterocycles. The SMILES string of the molecule is CCCCCCCCCCCCCCCCCC[NH-].[Ti]. The molecule has 0 rings (SSSR count). The van der Waals surface area contributed by atoms with Crippen LogP contribution in [0.1, 0.15) is 110 Å². The number of hydrogen-bond acceptors (Lipinski definition) is 0. The van der Waals surface area contributed by atoms with Crippen LogP contribution in [0.25, 0.3) is 5.73 Å². The van der Waals surface area contributed by atoms with Crippen LogP contribution in [0, 0.1) is 0 Å². The standard InChI is InChI=1S/C18H38N.Ti/c1-2-3-4-5-6-7-8-9-10-11-12-13-14-15-16-17-18-19;/h19H,2-18H2,1H3;/q-1;. The van der Waals surface area contributed by atoms with Crippen molar-refractivity contribution in [2.75, 3.05) is 6.54 Å². The fourth-order valence-corrected chi connectivity index (χ4v) is 2.67. The van der Waals surface area contributed by atoms with Gasteiger partial charge in [-0.15, -0.1) is 0 Å². The summed E-state index contributed by atoms with van der Waals surface area (Å²) >= 11 is 0. The minimum atomic E-state index is 0. The molecule has 0 aromatic carbocycles. The third kappa shape index (κ3) is 21.0. The zero-order valence-electron chi connectivity index (χ0n) is 14.0. The van der Waals surface area contributed by atoms with Crippen molar-refractivity contribution in [3.8, 4) is 0 Å². The Morgan fingerprint density at radius 3 is 0.950 bits per heavy atom. The van der Waals surface area contributed by atoms with Gasteiger partial charge in [0.25, 0.3) is 0 Å². The maximum Gasteiger partial charge on any atom is 0 e. The third-order valence-corrected chi connectivity index (χ3v) is 4.03. The zero-order valence-corrected chi connectivity index (χ0v) is 15.6. The molecule has 1 N–H and O–H groups in total. The van der Waals surface area contributed by atoms with Crippen molar-refractivity contribution >= 4 is 0 Å². The normalized spacial score (nSPS) is 10.5. The van der Waals surface area contributed by atoms with Gasteiger partial charge in [0.05, 0.1) is 0 Å². The minimum absolute atomic E-state index is 0. The Labute approximate surface area is 143 Å².